The molecule has 5 rings (SSSR count). The monoisotopic (exact) mass is 461 g/mol. The van der Waals surface area contributed by atoms with E-state index in [-0.39, 0.29) is 23.8 Å². The molecule has 1 amide bonds. The van der Waals surface area contributed by atoms with Crippen LogP contribution >= 0.6 is 0 Å². The predicted octanol–water partition coefficient (Wildman–Crippen LogP) is 2.08. The van der Waals surface area contributed by atoms with Gasteiger partial charge in [-0.2, -0.15) is 0 Å². The van der Waals surface area contributed by atoms with Gasteiger partial charge in [-0.25, -0.2) is 8.96 Å². The fourth-order valence-electron chi connectivity index (χ4n) is 4.72. The number of ether oxygens (including phenoxy) is 1. The number of benzene rings is 2. The van der Waals surface area contributed by atoms with Crippen molar-refractivity contribution in [2.75, 3.05) is 6.54 Å². The number of ketones is 1. The number of rotatable bonds is 6. The van der Waals surface area contributed by atoms with Crippen molar-refractivity contribution >= 4 is 17.4 Å². The van der Waals surface area contributed by atoms with E-state index in [1.54, 1.807) is 36.8 Å². The van der Waals surface area contributed by atoms with Crippen LogP contribution in [0.5, 0.6) is 5.75 Å². The first kappa shape index (κ1) is 21.9. The van der Waals surface area contributed by atoms with Crippen LogP contribution in [-0.4, -0.2) is 34.2 Å². The summed E-state index contributed by atoms with van der Waals surface area (Å²) in [6.07, 6.45) is 6.59. The molecule has 0 aliphatic carbocycles. The van der Waals surface area contributed by atoms with Crippen LogP contribution in [0.15, 0.2) is 66.8 Å². The number of fused-ring (bicyclic) bond motifs is 1. The number of hydrogen-bond acceptors (Lipinski definition) is 4. The number of hydrogen-bond donors (Lipinski definition) is 1. The van der Waals surface area contributed by atoms with Crippen LogP contribution in [0.25, 0.3) is 5.76 Å². The summed E-state index contributed by atoms with van der Waals surface area (Å²) < 4.78 is 22.5. The highest BCUT2D eigenvalue weighted by atomic mass is 19.1. The standard InChI is InChI=1S/C26H24FN3O4/c1-16-13-18-14-17(7-8-21(18)34-16)24(31)22-23(19-5-2-3-6-20(19)27)30(26(33)25(22)32)11-4-10-29-12-9-28-15-29/h2-3,5-9,12,14-16,23H,4,10-11,13H2,1H3,(H,31,32). The van der Waals surface area contributed by atoms with Crippen molar-refractivity contribution in [3.05, 3.63) is 89.3 Å². The van der Waals surface area contributed by atoms with Crippen molar-refractivity contribution < 1.29 is 28.4 Å². The van der Waals surface area contributed by atoms with Gasteiger partial charge in [-0.15, -0.1) is 0 Å². The molecule has 2 aliphatic rings. The SMILES string of the molecule is CC1Cc2cc(/C([O-])=C3\C(=O)C(=O)N(CCC[n+]4cc[nH]c4)C3c3ccccc3F)ccc2O1. The molecule has 3 heterocycles. The van der Waals surface area contributed by atoms with E-state index in [2.05, 4.69) is 4.98 Å². The fraction of sp³-hybridized carbons (Fsp3) is 0.269. The van der Waals surface area contributed by atoms with Gasteiger partial charge in [0.05, 0.1) is 12.6 Å². The third-order valence-corrected chi connectivity index (χ3v) is 6.31. The van der Waals surface area contributed by atoms with Crippen LogP contribution in [0, 0.1) is 5.82 Å². The van der Waals surface area contributed by atoms with Crippen molar-refractivity contribution in [1.29, 1.82) is 0 Å². The van der Waals surface area contributed by atoms with Crippen LogP contribution in [-0.2, 0) is 22.6 Å². The average molecular weight is 461 g/mol. The molecule has 1 fully saturated rings. The third-order valence-electron chi connectivity index (χ3n) is 6.31. The van der Waals surface area contributed by atoms with E-state index >= 15 is 0 Å². The maximum absolute atomic E-state index is 14.9. The van der Waals surface area contributed by atoms with E-state index in [9.17, 15) is 19.1 Å². The van der Waals surface area contributed by atoms with E-state index in [1.165, 1.54) is 23.1 Å². The first-order chi connectivity index (χ1) is 16.4. The molecule has 1 saturated heterocycles. The number of imidazole rings is 1. The lowest BCUT2D eigenvalue weighted by atomic mass is 9.94. The molecule has 0 radical (unpaired) electrons. The Labute approximate surface area is 196 Å². The number of halogens is 1. The van der Waals surface area contributed by atoms with Gasteiger partial charge in [-0.3, -0.25) is 14.6 Å². The zero-order chi connectivity index (χ0) is 23.8. The van der Waals surface area contributed by atoms with Crippen LogP contribution in [0.4, 0.5) is 4.39 Å². The number of likely N-dealkylation sites (tertiary alicyclic amines) is 1. The number of H-pyrrole nitrogens is 1. The molecule has 2 aliphatic heterocycles. The van der Waals surface area contributed by atoms with Gasteiger partial charge in [-0.1, -0.05) is 30.0 Å². The predicted molar refractivity (Wildman–Crippen MR) is 119 cm³/mol. The molecule has 1 aromatic heterocycles. The second-order valence-electron chi connectivity index (χ2n) is 8.65. The Kier molecular flexibility index (Phi) is 5.65. The molecule has 1 N–H and O–H groups in total. The summed E-state index contributed by atoms with van der Waals surface area (Å²) in [4.78, 5) is 30.4. The van der Waals surface area contributed by atoms with Gasteiger partial charge in [0, 0.05) is 30.5 Å². The molecule has 3 aromatic rings. The highest BCUT2D eigenvalue weighted by molar-refractivity contribution is 6.46. The lowest BCUT2D eigenvalue weighted by molar-refractivity contribution is -0.695. The van der Waals surface area contributed by atoms with Crippen molar-refractivity contribution in [3.8, 4) is 5.75 Å². The summed E-state index contributed by atoms with van der Waals surface area (Å²) in [5, 5.41) is 13.6. The number of Topliss-reactive ketones (excluding diaryl/α,β-unsaturated/α-hetero) is 1. The van der Waals surface area contributed by atoms with Crippen LogP contribution < -0.4 is 14.4 Å². The van der Waals surface area contributed by atoms with Crippen LogP contribution in [0.3, 0.4) is 0 Å². The van der Waals surface area contributed by atoms with Crippen molar-refractivity contribution in [3.63, 3.8) is 0 Å². The van der Waals surface area contributed by atoms with Gasteiger partial charge in [0.25, 0.3) is 5.91 Å². The summed E-state index contributed by atoms with van der Waals surface area (Å²) >= 11 is 0. The summed E-state index contributed by atoms with van der Waals surface area (Å²) in [5.74, 6) is -2.08. The molecule has 7 nitrogen and oxygen atoms in total. The number of amides is 1. The zero-order valence-corrected chi connectivity index (χ0v) is 18.7. The summed E-state index contributed by atoms with van der Waals surface area (Å²) in [5.41, 5.74) is 1.09. The maximum Gasteiger partial charge on any atom is 0.295 e. The fourth-order valence-corrected chi connectivity index (χ4v) is 4.72. The first-order valence-corrected chi connectivity index (χ1v) is 11.3. The smallest absolute Gasteiger partial charge is 0.295 e. The number of carbonyl (C=O) groups excluding carboxylic acids is 2. The molecule has 8 heteroatoms. The Morgan fingerprint density at radius 3 is 2.85 bits per heavy atom. The van der Waals surface area contributed by atoms with Crippen LogP contribution in [0.1, 0.15) is 36.1 Å². The van der Waals surface area contributed by atoms with E-state index in [0.29, 0.717) is 30.7 Å². The van der Waals surface area contributed by atoms with Gasteiger partial charge in [0.2, 0.25) is 12.1 Å². The molecule has 0 spiro atoms. The molecule has 34 heavy (non-hydrogen) atoms. The number of carbonyl (C=O) groups is 2. The number of nitrogens with one attached hydrogen (secondary N) is 1. The number of aromatic nitrogens is 2. The van der Waals surface area contributed by atoms with Gasteiger partial charge in [-0.05, 0) is 36.2 Å². The minimum absolute atomic E-state index is 0.00208. The maximum atomic E-state index is 14.9. The average Bonchev–Trinajstić information content (AvgIpc) is 3.53. The molecule has 2 unspecified atom stereocenters. The lowest BCUT2D eigenvalue weighted by Gasteiger charge is -2.27. The Hall–Kier alpha value is -3.94. The second-order valence-corrected chi connectivity index (χ2v) is 8.65. The number of aromatic amines is 1. The van der Waals surface area contributed by atoms with Gasteiger partial charge >= 0.3 is 0 Å². The normalized spacial score (nSPS) is 21.1. The van der Waals surface area contributed by atoms with Gasteiger partial charge in [0.15, 0.2) is 0 Å². The van der Waals surface area contributed by atoms with Crippen molar-refractivity contribution in [1.82, 2.24) is 9.88 Å². The Morgan fingerprint density at radius 1 is 1.26 bits per heavy atom. The van der Waals surface area contributed by atoms with Gasteiger partial charge < -0.3 is 14.7 Å². The molecular weight excluding hydrogens is 437 g/mol. The Bertz CT molecular complexity index is 1280. The van der Waals surface area contributed by atoms with Crippen LogP contribution in [0.2, 0.25) is 0 Å². The Morgan fingerprint density at radius 2 is 2.09 bits per heavy atom. The topological polar surface area (TPSA) is 89.3 Å². The van der Waals surface area contributed by atoms with E-state index in [0.717, 1.165) is 5.56 Å². The van der Waals surface area contributed by atoms with Crippen molar-refractivity contribution in [2.24, 2.45) is 0 Å². The van der Waals surface area contributed by atoms with Crippen molar-refractivity contribution in [2.45, 2.75) is 38.5 Å². The minimum Gasteiger partial charge on any atom is -0.872 e. The van der Waals surface area contributed by atoms with Gasteiger partial charge in [0.1, 0.15) is 30.1 Å². The summed E-state index contributed by atoms with van der Waals surface area (Å²) in [6.45, 7) is 2.74. The molecule has 0 saturated carbocycles. The van der Waals surface area contributed by atoms with E-state index in [4.69, 9.17) is 4.74 Å². The number of nitrogens with zero attached hydrogens (tertiary/aromatic N) is 2. The minimum atomic E-state index is -1.08. The number of aryl methyl sites for hydroxylation is 1. The molecule has 174 valence electrons. The highest BCUT2D eigenvalue weighted by Gasteiger charge is 2.44. The Balaban J connectivity index is 1.54. The molecule has 0 bridgehead atoms. The van der Waals surface area contributed by atoms with E-state index in [1.807, 2.05) is 17.7 Å². The molecule has 2 aromatic carbocycles. The molecular formula is C26H24FN3O4. The summed E-state index contributed by atoms with van der Waals surface area (Å²) in [7, 11) is 0. The first-order valence-electron chi connectivity index (χ1n) is 11.3. The highest BCUT2D eigenvalue weighted by Crippen LogP contribution is 2.40. The quantitative estimate of drug-likeness (QED) is 0.264. The largest absolute Gasteiger partial charge is 0.872 e. The van der Waals surface area contributed by atoms with E-state index < -0.39 is 29.3 Å². The lowest BCUT2D eigenvalue weighted by Crippen LogP contribution is -2.36. The second kappa shape index (κ2) is 8.78. The zero-order valence-electron chi connectivity index (χ0n) is 18.7. The summed E-state index contributed by atoms with van der Waals surface area (Å²) in [6, 6.07) is 9.88. The molecule has 2 atom stereocenters. The third kappa shape index (κ3) is 3.85.